The number of aromatic nitrogens is 2. The predicted molar refractivity (Wildman–Crippen MR) is 96.0 cm³/mol. The zero-order valence-electron chi connectivity index (χ0n) is 14.3. The van der Waals surface area contributed by atoms with Gasteiger partial charge in [0.1, 0.15) is 0 Å². The second kappa shape index (κ2) is 5.03. The maximum atomic E-state index is 6.41. The van der Waals surface area contributed by atoms with E-state index in [1.165, 1.54) is 35.2 Å². The largest absolute Gasteiger partial charge is 0.338 e. The number of rotatable bonds is 3. The minimum Gasteiger partial charge on any atom is -0.338 e. The average molecular weight is 320 g/mol. The Bertz CT molecular complexity index is 809. The average Bonchev–Trinajstić information content (AvgIpc) is 3.16. The molecule has 1 atom stereocenters. The molecular formula is C20H24N4. The Morgan fingerprint density at radius 3 is 2.79 bits per heavy atom. The monoisotopic (exact) mass is 320 g/mol. The van der Waals surface area contributed by atoms with E-state index >= 15 is 0 Å². The van der Waals surface area contributed by atoms with Gasteiger partial charge in [0, 0.05) is 34.9 Å². The Kier molecular flexibility index (Phi) is 3.02. The number of aryl methyl sites for hydroxylation is 1. The van der Waals surface area contributed by atoms with Crippen molar-refractivity contribution in [2.75, 3.05) is 11.4 Å². The molecule has 3 aliphatic rings. The molecule has 5 rings (SSSR count). The summed E-state index contributed by atoms with van der Waals surface area (Å²) >= 11 is 0. The molecule has 1 saturated carbocycles. The minimum atomic E-state index is -0.0962. The van der Waals surface area contributed by atoms with E-state index < -0.39 is 0 Å². The van der Waals surface area contributed by atoms with Gasteiger partial charge in [0.2, 0.25) is 5.95 Å². The van der Waals surface area contributed by atoms with Gasteiger partial charge in [0.05, 0.1) is 5.69 Å². The molecule has 1 aromatic carbocycles. The van der Waals surface area contributed by atoms with Gasteiger partial charge in [0.25, 0.3) is 0 Å². The Morgan fingerprint density at radius 1 is 1.21 bits per heavy atom. The summed E-state index contributed by atoms with van der Waals surface area (Å²) in [5.41, 5.74) is 12.5. The van der Waals surface area contributed by atoms with Crippen LogP contribution in [-0.4, -0.2) is 22.6 Å². The summed E-state index contributed by atoms with van der Waals surface area (Å²) in [6.07, 6.45) is 6.79. The first-order valence-electron chi connectivity index (χ1n) is 9.20. The quantitative estimate of drug-likeness (QED) is 0.944. The summed E-state index contributed by atoms with van der Waals surface area (Å²) in [4.78, 5) is 12.2. The molecule has 0 amide bonds. The van der Waals surface area contributed by atoms with Gasteiger partial charge in [-0.3, -0.25) is 0 Å². The van der Waals surface area contributed by atoms with Crippen LogP contribution in [0, 0.1) is 0 Å². The molecule has 1 aliphatic heterocycles. The number of fused-ring (bicyclic) bond motifs is 1. The molecule has 24 heavy (non-hydrogen) atoms. The molecule has 0 radical (unpaired) electrons. The lowest BCUT2D eigenvalue weighted by atomic mass is 9.98. The molecule has 4 heteroatoms. The number of nitrogens with zero attached hydrogens (tertiary/aromatic N) is 3. The van der Waals surface area contributed by atoms with E-state index in [0.29, 0.717) is 6.04 Å². The van der Waals surface area contributed by atoms with Crippen molar-refractivity contribution in [2.24, 2.45) is 5.73 Å². The van der Waals surface area contributed by atoms with Crippen LogP contribution < -0.4 is 10.6 Å². The second-order valence-corrected chi connectivity index (χ2v) is 7.72. The fraction of sp³-hybridized carbons (Fsp3) is 0.500. The molecule has 0 bridgehead atoms. The van der Waals surface area contributed by atoms with Crippen molar-refractivity contribution >= 4 is 5.95 Å². The van der Waals surface area contributed by atoms with Crippen molar-refractivity contribution in [1.29, 1.82) is 0 Å². The first-order valence-corrected chi connectivity index (χ1v) is 9.20. The highest BCUT2D eigenvalue weighted by Gasteiger charge is 2.40. The molecule has 0 unspecified atom stereocenters. The van der Waals surface area contributed by atoms with Gasteiger partial charge < -0.3 is 10.6 Å². The summed E-state index contributed by atoms with van der Waals surface area (Å²) < 4.78 is 0. The standard InChI is InChI=1S/C20H24N4/c1-13-8-11-24(13)19-22-17-7-3-6-16(17)18(23-19)14-4-2-5-15(12-14)20(21)9-10-20/h2,4-5,12-13H,3,6-11,21H2,1H3/t13-/m0/s1. The van der Waals surface area contributed by atoms with Crippen molar-refractivity contribution in [3.63, 3.8) is 0 Å². The van der Waals surface area contributed by atoms with Gasteiger partial charge in [-0.2, -0.15) is 0 Å². The van der Waals surface area contributed by atoms with Crippen molar-refractivity contribution in [3.8, 4) is 11.3 Å². The molecular weight excluding hydrogens is 296 g/mol. The first-order chi connectivity index (χ1) is 11.6. The van der Waals surface area contributed by atoms with E-state index in [0.717, 1.165) is 43.9 Å². The summed E-state index contributed by atoms with van der Waals surface area (Å²) in [6, 6.07) is 9.29. The van der Waals surface area contributed by atoms with E-state index in [-0.39, 0.29) is 5.54 Å². The summed E-state index contributed by atoms with van der Waals surface area (Å²) in [7, 11) is 0. The van der Waals surface area contributed by atoms with E-state index in [2.05, 4.69) is 36.1 Å². The highest BCUT2D eigenvalue weighted by Crippen LogP contribution is 2.44. The maximum Gasteiger partial charge on any atom is 0.226 e. The molecule has 2 heterocycles. The molecule has 1 saturated heterocycles. The Morgan fingerprint density at radius 2 is 2.08 bits per heavy atom. The van der Waals surface area contributed by atoms with Crippen molar-refractivity contribution in [2.45, 2.75) is 57.0 Å². The topological polar surface area (TPSA) is 55.0 Å². The van der Waals surface area contributed by atoms with Crippen LogP contribution in [0.5, 0.6) is 0 Å². The third-order valence-corrected chi connectivity index (χ3v) is 6.00. The second-order valence-electron chi connectivity index (χ2n) is 7.72. The van der Waals surface area contributed by atoms with Crippen LogP contribution in [0.25, 0.3) is 11.3 Å². The van der Waals surface area contributed by atoms with Gasteiger partial charge in [-0.25, -0.2) is 9.97 Å². The summed E-state index contributed by atoms with van der Waals surface area (Å²) in [5.74, 6) is 0.920. The number of anilines is 1. The Hall–Kier alpha value is -1.94. The van der Waals surface area contributed by atoms with Gasteiger partial charge in [-0.15, -0.1) is 0 Å². The number of nitrogens with two attached hydrogens (primary N) is 1. The van der Waals surface area contributed by atoms with Crippen LogP contribution in [0.1, 0.15) is 49.4 Å². The molecule has 2 N–H and O–H groups in total. The predicted octanol–water partition coefficient (Wildman–Crippen LogP) is 3.18. The lowest BCUT2D eigenvalue weighted by molar-refractivity contribution is 0.470. The minimum absolute atomic E-state index is 0.0962. The van der Waals surface area contributed by atoms with Crippen molar-refractivity contribution in [1.82, 2.24) is 9.97 Å². The zero-order valence-corrected chi connectivity index (χ0v) is 14.3. The highest BCUT2D eigenvalue weighted by molar-refractivity contribution is 5.68. The summed E-state index contributed by atoms with van der Waals surface area (Å²) in [5, 5.41) is 0. The normalized spacial score (nSPS) is 23.8. The fourth-order valence-corrected chi connectivity index (χ4v) is 4.00. The third kappa shape index (κ3) is 2.16. The van der Waals surface area contributed by atoms with Gasteiger partial charge in [-0.1, -0.05) is 18.2 Å². The SMILES string of the molecule is C[C@H]1CCN1c1nc2c(c(-c3cccc(C4(N)CC4)c3)n1)CCC2. The maximum absolute atomic E-state index is 6.41. The smallest absolute Gasteiger partial charge is 0.226 e. The Balaban J connectivity index is 1.62. The van der Waals surface area contributed by atoms with Gasteiger partial charge in [0.15, 0.2) is 0 Å². The number of hydrogen-bond acceptors (Lipinski definition) is 4. The van der Waals surface area contributed by atoms with Crippen molar-refractivity contribution < 1.29 is 0 Å². The molecule has 1 aromatic heterocycles. The van der Waals surface area contributed by atoms with Crippen LogP contribution in [0.3, 0.4) is 0 Å². The fourth-order valence-electron chi connectivity index (χ4n) is 4.00. The van der Waals surface area contributed by atoms with Crippen LogP contribution in [0.2, 0.25) is 0 Å². The van der Waals surface area contributed by atoms with Crippen LogP contribution in [-0.2, 0) is 18.4 Å². The lowest BCUT2D eigenvalue weighted by Crippen LogP contribution is -2.46. The van der Waals surface area contributed by atoms with Crippen LogP contribution in [0.15, 0.2) is 24.3 Å². The Labute approximate surface area is 143 Å². The molecule has 2 aliphatic carbocycles. The van der Waals surface area contributed by atoms with E-state index in [1.54, 1.807) is 0 Å². The molecule has 0 spiro atoms. The number of hydrogen-bond donors (Lipinski definition) is 1. The summed E-state index contributed by atoms with van der Waals surface area (Å²) in [6.45, 7) is 3.33. The third-order valence-electron chi connectivity index (χ3n) is 6.00. The van der Waals surface area contributed by atoms with Crippen molar-refractivity contribution in [3.05, 3.63) is 41.1 Å². The van der Waals surface area contributed by atoms with E-state index in [9.17, 15) is 0 Å². The van der Waals surface area contributed by atoms with Crippen LogP contribution >= 0.6 is 0 Å². The lowest BCUT2D eigenvalue weighted by Gasteiger charge is -2.39. The van der Waals surface area contributed by atoms with Crippen LogP contribution in [0.4, 0.5) is 5.95 Å². The zero-order chi connectivity index (χ0) is 16.3. The van der Waals surface area contributed by atoms with Gasteiger partial charge in [-0.05, 0) is 57.1 Å². The molecule has 124 valence electrons. The van der Waals surface area contributed by atoms with E-state index in [4.69, 9.17) is 15.7 Å². The van der Waals surface area contributed by atoms with E-state index in [1.807, 2.05) is 0 Å². The molecule has 4 nitrogen and oxygen atoms in total. The first kappa shape index (κ1) is 14.4. The number of benzene rings is 1. The molecule has 2 fully saturated rings. The highest BCUT2D eigenvalue weighted by atomic mass is 15.3. The van der Waals surface area contributed by atoms with Gasteiger partial charge >= 0.3 is 0 Å². The molecule has 2 aromatic rings.